The Hall–Kier alpha value is -2.77. The lowest BCUT2D eigenvalue weighted by Crippen LogP contribution is -2.38. The number of aromatic nitrogens is 2. The van der Waals surface area contributed by atoms with Crippen molar-refractivity contribution in [3.05, 3.63) is 70.5 Å². The Balaban J connectivity index is 1.43. The Morgan fingerprint density at radius 3 is 2.73 bits per heavy atom. The molecular weight excluding hydrogens is 348 g/mol. The number of anilines is 2. The van der Waals surface area contributed by atoms with Gasteiger partial charge in [-0.3, -0.25) is 4.79 Å². The van der Waals surface area contributed by atoms with Gasteiger partial charge in [-0.15, -0.1) is 21.5 Å². The summed E-state index contributed by atoms with van der Waals surface area (Å²) in [6.45, 7) is 2.12. The maximum atomic E-state index is 12.3. The molecule has 3 heterocycles. The molecule has 1 fully saturated rings. The largest absolute Gasteiger partial charge is 0.369 e. The molecule has 4 rings (SSSR count). The van der Waals surface area contributed by atoms with Crippen molar-refractivity contribution in [3.8, 4) is 0 Å². The minimum Gasteiger partial charge on any atom is -0.369 e. The minimum absolute atomic E-state index is 0.0478. The number of thiophene rings is 1. The van der Waals surface area contributed by atoms with Crippen LogP contribution in [0.25, 0.3) is 0 Å². The number of nitrogens with zero attached hydrogens (tertiary/aromatic N) is 3. The summed E-state index contributed by atoms with van der Waals surface area (Å²) in [6.07, 6.45) is 0.0478. The van der Waals surface area contributed by atoms with Gasteiger partial charge in [-0.1, -0.05) is 24.3 Å². The van der Waals surface area contributed by atoms with E-state index in [9.17, 15) is 4.79 Å². The Morgan fingerprint density at radius 1 is 1.12 bits per heavy atom. The third kappa shape index (κ3) is 3.74. The number of ether oxygens (including phenoxy) is 1. The van der Waals surface area contributed by atoms with E-state index >= 15 is 0 Å². The fourth-order valence-corrected chi connectivity index (χ4v) is 3.60. The van der Waals surface area contributed by atoms with Crippen LogP contribution in [0.5, 0.6) is 0 Å². The van der Waals surface area contributed by atoms with Crippen LogP contribution in [0.1, 0.15) is 21.5 Å². The summed E-state index contributed by atoms with van der Waals surface area (Å²) in [6, 6.07) is 17.0. The predicted octanol–water partition coefficient (Wildman–Crippen LogP) is 3.37. The quantitative estimate of drug-likeness (QED) is 0.767. The van der Waals surface area contributed by atoms with Crippen molar-refractivity contribution in [1.29, 1.82) is 0 Å². The predicted molar refractivity (Wildman–Crippen MR) is 102 cm³/mol. The van der Waals surface area contributed by atoms with Gasteiger partial charge in [0.25, 0.3) is 5.91 Å². The summed E-state index contributed by atoms with van der Waals surface area (Å²) in [5, 5.41) is 13.2. The summed E-state index contributed by atoms with van der Waals surface area (Å²) in [4.78, 5) is 15.6. The zero-order valence-corrected chi connectivity index (χ0v) is 14.9. The molecule has 0 spiro atoms. The number of nitrogens with one attached hydrogen (secondary N) is 1. The Morgan fingerprint density at radius 2 is 2.00 bits per heavy atom. The first-order chi connectivity index (χ1) is 12.8. The van der Waals surface area contributed by atoms with E-state index < -0.39 is 0 Å². The average molecular weight is 366 g/mol. The molecule has 7 heteroatoms. The monoisotopic (exact) mass is 366 g/mol. The van der Waals surface area contributed by atoms with Gasteiger partial charge in [0.2, 0.25) is 0 Å². The summed E-state index contributed by atoms with van der Waals surface area (Å²) < 4.78 is 5.86. The van der Waals surface area contributed by atoms with Gasteiger partial charge in [0.05, 0.1) is 13.2 Å². The number of para-hydroxylation sites is 1. The average Bonchev–Trinajstić information content (AvgIpc) is 3.24. The van der Waals surface area contributed by atoms with Gasteiger partial charge >= 0.3 is 0 Å². The second-order valence-corrected chi connectivity index (χ2v) is 6.90. The second kappa shape index (κ2) is 7.63. The van der Waals surface area contributed by atoms with Crippen molar-refractivity contribution >= 4 is 28.7 Å². The third-order valence-corrected chi connectivity index (χ3v) is 5.13. The first-order valence-corrected chi connectivity index (χ1v) is 9.27. The van der Waals surface area contributed by atoms with E-state index in [2.05, 4.69) is 31.9 Å². The molecule has 1 aliphatic heterocycles. The normalized spacial score (nSPS) is 17.1. The van der Waals surface area contributed by atoms with Crippen molar-refractivity contribution in [2.45, 2.75) is 6.10 Å². The van der Waals surface area contributed by atoms with E-state index in [0.717, 1.165) is 24.6 Å². The van der Waals surface area contributed by atoms with Gasteiger partial charge in [-0.25, -0.2) is 0 Å². The molecular formula is C19H18N4O2S. The van der Waals surface area contributed by atoms with Crippen LogP contribution in [0.2, 0.25) is 0 Å². The highest BCUT2D eigenvalue weighted by molar-refractivity contribution is 7.10. The molecule has 2 aromatic heterocycles. The molecule has 0 aliphatic carbocycles. The lowest BCUT2D eigenvalue weighted by molar-refractivity contribution is 0.0418. The Kier molecular flexibility index (Phi) is 4.90. The summed E-state index contributed by atoms with van der Waals surface area (Å²) >= 11 is 1.69. The van der Waals surface area contributed by atoms with Crippen LogP contribution in [0.15, 0.2) is 60.0 Å². The number of benzene rings is 1. The molecule has 6 nitrogen and oxygen atoms in total. The smallest absolute Gasteiger partial charge is 0.276 e. The van der Waals surface area contributed by atoms with Crippen molar-refractivity contribution in [2.24, 2.45) is 0 Å². The molecule has 0 bridgehead atoms. The van der Waals surface area contributed by atoms with Crippen LogP contribution in [-0.4, -0.2) is 35.8 Å². The highest BCUT2D eigenvalue weighted by Crippen LogP contribution is 2.27. The number of carbonyl (C=O) groups is 1. The van der Waals surface area contributed by atoms with E-state index in [0.29, 0.717) is 12.3 Å². The molecule has 0 saturated carbocycles. The number of carbonyl (C=O) groups excluding carboxylic acids is 1. The molecule has 1 amide bonds. The van der Waals surface area contributed by atoms with E-state index in [1.165, 1.54) is 4.88 Å². The molecule has 1 atom stereocenters. The first kappa shape index (κ1) is 16.7. The molecule has 1 unspecified atom stereocenters. The summed E-state index contributed by atoms with van der Waals surface area (Å²) in [5.74, 6) is 0.486. The van der Waals surface area contributed by atoms with E-state index in [1.807, 2.05) is 42.5 Å². The molecule has 26 heavy (non-hydrogen) atoms. The molecule has 132 valence electrons. The van der Waals surface area contributed by atoms with Crippen LogP contribution in [0, 0.1) is 0 Å². The maximum absolute atomic E-state index is 12.3. The third-order valence-electron chi connectivity index (χ3n) is 4.17. The standard InChI is InChI=1S/C19H18N4O2S/c24-19(20-14-5-2-1-3-6-14)15-8-9-18(22-21-15)23-10-11-25-16(13-23)17-7-4-12-26-17/h1-9,12,16H,10-11,13H2,(H,20,24). The van der Waals surface area contributed by atoms with Crippen LogP contribution in [0.3, 0.4) is 0 Å². The second-order valence-electron chi connectivity index (χ2n) is 5.92. The van der Waals surface area contributed by atoms with Crippen molar-refractivity contribution < 1.29 is 9.53 Å². The SMILES string of the molecule is O=C(Nc1ccccc1)c1ccc(N2CCOC(c3cccs3)C2)nn1. The number of rotatable bonds is 4. The van der Waals surface area contributed by atoms with E-state index in [-0.39, 0.29) is 12.0 Å². The van der Waals surface area contributed by atoms with Gasteiger partial charge in [0.15, 0.2) is 11.5 Å². The minimum atomic E-state index is -0.270. The molecule has 3 aromatic rings. The molecule has 1 aromatic carbocycles. The lowest BCUT2D eigenvalue weighted by atomic mass is 10.2. The molecule has 1 N–H and O–H groups in total. The first-order valence-electron chi connectivity index (χ1n) is 8.40. The van der Waals surface area contributed by atoms with Crippen molar-refractivity contribution in [2.75, 3.05) is 29.9 Å². The van der Waals surface area contributed by atoms with Gasteiger partial charge in [0.1, 0.15) is 6.10 Å². The fourth-order valence-electron chi connectivity index (χ4n) is 2.84. The zero-order valence-electron chi connectivity index (χ0n) is 14.0. The van der Waals surface area contributed by atoms with E-state index in [1.54, 1.807) is 17.4 Å². The maximum Gasteiger partial charge on any atom is 0.276 e. The Bertz CT molecular complexity index is 853. The van der Waals surface area contributed by atoms with Crippen LogP contribution < -0.4 is 10.2 Å². The molecule has 1 aliphatic rings. The van der Waals surface area contributed by atoms with Crippen molar-refractivity contribution in [1.82, 2.24) is 10.2 Å². The lowest BCUT2D eigenvalue weighted by Gasteiger charge is -2.33. The van der Waals surface area contributed by atoms with Gasteiger partial charge in [-0.05, 0) is 35.7 Å². The number of amides is 1. The van der Waals surface area contributed by atoms with Crippen LogP contribution in [0.4, 0.5) is 11.5 Å². The molecule has 0 radical (unpaired) electrons. The highest BCUT2D eigenvalue weighted by Gasteiger charge is 2.24. The number of morpholine rings is 1. The van der Waals surface area contributed by atoms with Crippen molar-refractivity contribution in [3.63, 3.8) is 0 Å². The van der Waals surface area contributed by atoms with Gasteiger partial charge < -0.3 is 15.0 Å². The highest BCUT2D eigenvalue weighted by atomic mass is 32.1. The fraction of sp³-hybridized carbons (Fsp3) is 0.211. The van der Waals surface area contributed by atoms with Gasteiger partial charge in [-0.2, -0.15) is 0 Å². The topological polar surface area (TPSA) is 67.4 Å². The number of hydrogen-bond donors (Lipinski definition) is 1. The molecule has 1 saturated heterocycles. The van der Waals surface area contributed by atoms with Gasteiger partial charge in [0, 0.05) is 17.1 Å². The summed E-state index contributed by atoms with van der Waals surface area (Å²) in [5.41, 5.74) is 1.02. The number of hydrogen-bond acceptors (Lipinski definition) is 6. The zero-order chi connectivity index (χ0) is 17.8. The van der Waals surface area contributed by atoms with Crippen LogP contribution in [-0.2, 0) is 4.74 Å². The summed E-state index contributed by atoms with van der Waals surface area (Å²) in [7, 11) is 0. The Labute approximate surface area is 155 Å². The van der Waals surface area contributed by atoms with E-state index in [4.69, 9.17) is 4.74 Å². The van der Waals surface area contributed by atoms with Crippen LogP contribution >= 0.6 is 11.3 Å².